The fourth-order valence-electron chi connectivity index (χ4n) is 3.74. The fourth-order valence-corrected chi connectivity index (χ4v) is 3.74. The molecule has 3 N–H and O–H groups in total. The summed E-state index contributed by atoms with van der Waals surface area (Å²) in [6.07, 6.45) is 11.0. The molecule has 0 heterocycles. The van der Waals surface area contributed by atoms with Crippen molar-refractivity contribution in [3.05, 3.63) is 0 Å². The van der Waals surface area contributed by atoms with Crippen LogP contribution in [-0.2, 0) is 0 Å². The van der Waals surface area contributed by atoms with Crippen molar-refractivity contribution in [3.63, 3.8) is 0 Å². The summed E-state index contributed by atoms with van der Waals surface area (Å²) in [5.74, 6) is 1.37. The molecule has 0 atom stereocenters. The van der Waals surface area contributed by atoms with Crippen molar-refractivity contribution in [2.75, 3.05) is 13.2 Å². The number of amides is 2. The summed E-state index contributed by atoms with van der Waals surface area (Å²) in [5, 5.41) is 14.8. The number of aliphatic hydroxyl groups excluding tert-OH is 1. The zero-order valence-electron chi connectivity index (χ0n) is 11.9. The minimum atomic E-state index is -0.0442. The van der Waals surface area contributed by atoms with Crippen LogP contribution >= 0.6 is 0 Å². The first-order chi connectivity index (χ1) is 9.31. The Kier molecular flexibility index (Phi) is 5.95. The minimum absolute atomic E-state index is 0.0442. The number of hydrogen-bond acceptors (Lipinski definition) is 2. The minimum Gasteiger partial charge on any atom is -0.396 e. The largest absolute Gasteiger partial charge is 0.396 e. The molecule has 110 valence electrons. The summed E-state index contributed by atoms with van der Waals surface area (Å²) >= 11 is 0. The van der Waals surface area contributed by atoms with E-state index in [9.17, 15) is 4.79 Å². The van der Waals surface area contributed by atoms with E-state index in [-0.39, 0.29) is 12.6 Å². The van der Waals surface area contributed by atoms with E-state index in [0.29, 0.717) is 30.8 Å². The maximum atomic E-state index is 11.9. The van der Waals surface area contributed by atoms with Crippen molar-refractivity contribution in [1.29, 1.82) is 0 Å². The Morgan fingerprint density at radius 2 is 1.58 bits per heavy atom. The van der Waals surface area contributed by atoms with E-state index < -0.39 is 0 Å². The van der Waals surface area contributed by atoms with Gasteiger partial charge in [-0.05, 0) is 43.9 Å². The fraction of sp³-hybridized carbons (Fsp3) is 0.933. The van der Waals surface area contributed by atoms with Gasteiger partial charge in [0.25, 0.3) is 0 Å². The second kappa shape index (κ2) is 7.73. The first-order valence-corrected chi connectivity index (χ1v) is 7.96. The third-order valence-corrected chi connectivity index (χ3v) is 4.73. The smallest absolute Gasteiger partial charge is 0.315 e. The van der Waals surface area contributed by atoms with Gasteiger partial charge in [0.2, 0.25) is 0 Å². The molecule has 0 aromatic heterocycles. The van der Waals surface area contributed by atoms with Gasteiger partial charge in [0.05, 0.1) is 0 Å². The molecule has 0 aromatic carbocycles. The summed E-state index contributed by atoms with van der Waals surface area (Å²) in [5.41, 5.74) is 0. The summed E-state index contributed by atoms with van der Waals surface area (Å²) < 4.78 is 0. The monoisotopic (exact) mass is 268 g/mol. The molecule has 0 aliphatic heterocycles. The SMILES string of the molecule is O=C(NCCCO)NC(C1CCCC1)C1CCCC1. The van der Waals surface area contributed by atoms with Crippen molar-refractivity contribution < 1.29 is 9.90 Å². The molecular weight excluding hydrogens is 240 g/mol. The third-order valence-electron chi connectivity index (χ3n) is 4.73. The van der Waals surface area contributed by atoms with Crippen molar-refractivity contribution >= 4 is 6.03 Å². The molecule has 0 radical (unpaired) electrons. The van der Waals surface area contributed by atoms with E-state index in [4.69, 9.17) is 5.11 Å². The standard InChI is InChI=1S/C15H28N2O2/c18-11-5-10-16-15(19)17-14(12-6-1-2-7-12)13-8-3-4-9-13/h12-14,18H,1-11H2,(H2,16,17,19). The molecule has 0 bridgehead atoms. The predicted octanol–water partition coefficient (Wildman–Crippen LogP) is 2.42. The molecule has 0 spiro atoms. The van der Waals surface area contributed by atoms with Gasteiger partial charge < -0.3 is 15.7 Å². The Morgan fingerprint density at radius 1 is 1.05 bits per heavy atom. The number of nitrogens with one attached hydrogen (secondary N) is 2. The Hall–Kier alpha value is -0.770. The van der Waals surface area contributed by atoms with Gasteiger partial charge in [-0.15, -0.1) is 0 Å². The molecule has 2 fully saturated rings. The molecule has 2 aliphatic rings. The van der Waals surface area contributed by atoms with Crippen LogP contribution in [0, 0.1) is 11.8 Å². The maximum Gasteiger partial charge on any atom is 0.315 e. The Morgan fingerprint density at radius 3 is 2.05 bits per heavy atom. The van der Waals surface area contributed by atoms with Gasteiger partial charge in [0.1, 0.15) is 0 Å². The van der Waals surface area contributed by atoms with E-state index in [1.807, 2.05) is 0 Å². The predicted molar refractivity (Wildman–Crippen MR) is 75.9 cm³/mol. The van der Waals surface area contributed by atoms with Crippen LogP contribution in [0.3, 0.4) is 0 Å². The highest BCUT2D eigenvalue weighted by molar-refractivity contribution is 5.74. The summed E-state index contributed by atoms with van der Waals surface area (Å²) in [4.78, 5) is 11.9. The topological polar surface area (TPSA) is 61.4 Å². The average Bonchev–Trinajstić information content (AvgIpc) is 3.09. The van der Waals surface area contributed by atoms with Crippen LogP contribution in [0.1, 0.15) is 57.8 Å². The van der Waals surface area contributed by atoms with Gasteiger partial charge in [0.15, 0.2) is 0 Å². The number of carbonyl (C=O) groups excluding carboxylic acids is 1. The van der Waals surface area contributed by atoms with Crippen LogP contribution in [0.5, 0.6) is 0 Å². The molecule has 2 amide bonds. The molecule has 0 saturated heterocycles. The lowest BCUT2D eigenvalue weighted by atomic mass is 9.86. The highest BCUT2D eigenvalue weighted by Crippen LogP contribution is 2.37. The van der Waals surface area contributed by atoms with Crippen LogP contribution in [0.2, 0.25) is 0 Å². The van der Waals surface area contributed by atoms with Gasteiger partial charge in [-0.2, -0.15) is 0 Å². The highest BCUT2D eigenvalue weighted by Gasteiger charge is 2.33. The quantitative estimate of drug-likeness (QED) is 0.648. The second-order valence-electron chi connectivity index (χ2n) is 6.09. The van der Waals surface area contributed by atoms with Crippen LogP contribution in [0.25, 0.3) is 0 Å². The first-order valence-electron chi connectivity index (χ1n) is 7.96. The Labute approximate surface area is 116 Å². The molecular formula is C15H28N2O2. The molecule has 19 heavy (non-hydrogen) atoms. The van der Waals surface area contributed by atoms with E-state index in [0.717, 1.165) is 0 Å². The van der Waals surface area contributed by atoms with Gasteiger partial charge in [-0.3, -0.25) is 0 Å². The molecule has 2 rings (SSSR count). The van der Waals surface area contributed by atoms with E-state index in [1.165, 1.54) is 51.4 Å². The highest BCUT2D eigenvalue weighted by atomic mass is 16.3. The van der Waals surface area contributed by atoms with Gasteiger partial charge >= 0.3 is 6.03 Å². The van der Waals surface area contributed by atoms with Gasteiger partial charge in [-0.1, -0.05) is 25.7 Å². The average molecular weight is 268 g/mol. The normalized spacial score (nSPS) is 21.2. The summed E-state index contributed by atoms with van der Waals surface area (Å²) in [7, 11) is 0. The molecule has 4 heteroatoms. The Bertz CT molecular complexity index is 255. The third kappa shape index (κ3) is 4.37. The Balaban J connectivity index is 1.83. The molecule has 0 unspecified atom stereocenters. The number of urea groups is 1. The number of aliphatic hydroxyl groups is 1. The van der Waals surface area contributed by atoms with Crippen LogP contribution in [-0.4, -0.2) is 30.3 Å². The lowest BCUT2D eigenvalue weighted by Crippen LogP contribution is -2.48. The lowest BCUT2D eigenvalue weighted by molar-refractivity contribution is 0.213. The van der Waals surface area contributed by atoms with E-state index >= 15 is 0 Å². The van der Waals surface area contributed by atoms with Crippen molar-refractivity contribution in [1.82, 2.24) is 10.6 Å². The van der Waals surface area contributed by atoms with E-state index in [2.05, 4.69) is 10.6 Å². The van der Waals surface area contributed by atoms with Crippen LogP contribution < -0.4 is 10.6 Å². The van der Waals surface area contributed by atoms with Crippen molar-refractivity contribution in [3.8, 4) is 0 Å². The summed E-state index contributed by atoms with van der Waals surface area (Å²) in [6, 6.07) is 0.330. The molecule has 4 nitrogen and oxygen atoms in total. The molecule has 2 aliphatic carbocycles. The van der Waals surface area contributed by atoms with E-state index in [1.54, 1.807) is 0 Å². The number of rotatable bonds is 6. The number of carbonyl (C=O) groups is 1. The summed E-state index contributed by atoms with van der Waals surface area (Å²) in [6.45, 7) is 0.694. The first kappa shape index (κ1) is 14.6. The maximum absolute atomic E-state index is 11.9. The second-order valence-corrected chi connectivity index (χ2v) is 6.09. The molecule has 2 saturated carbocycles. The van der Waals surface area contributed by atoms with Crippen LogP contribution in [0.4, 0.5) is 4.79 Å². The zero-order valence-corrected chi connectivity index (χ0v) is 11.9. The van der Waals surface area contributed by atoms with Gasteiger partial charge in [0, 0.05) is 19.2 Å². The van der Waals surface area contributed by atoms with Crippen molar-refractivity contribution in [2.24, 2.45) is 11.8 Å². The van der Waals surface area contributed by atoms with Crippen LogP contribution in [0.15, 0.2) is 0 Å². The van der Waals surface area contributed by atoms with Gasteiger partial charge in [-0.25, -0.2) is 4.79 Å². The number of hydrogen-bond donors (Lipinski definition) is 3. The van der Waals surface area contributed by atoms with Crippen molar-refractivity contribution in [2.45, 2.75) is 63.8 Å². The molecule has 0 aromatic rings. The zero-order chi connectivity index (χ0) is 13.5. The lowest BCUT2D eigenvalue weighted by Gasteiger charge is -2.30.